The minimum absolute atomic E-state index is 0.0226. The molecule has 43 heavy (non-hydrogen) atoms. The van der Waals surface area contributed by atoms with Gasteiger partial charge in [0, 0.05) is 71.4 Å². The van der Waals surface area contributed by atoms with Gasteiger partial charge < -0.3 is 19.9 Å². The second kappa shape index (κ2) is 16.8. The first kappa shape index (κ1) is 33.0. The summed E-state index contributed by atoms with van der Waals surface area (Å²) in [6.07, 6.45) is 3.46. The third kappa shape index (κ3) is 11.6. The molecule has 0 aromatic heterocycles. The summed E-state index contributed by atoms with van der Waals surface area (Å²) in [5, 5.41) is 3.42. The lowest BCUT2D eigenvalue weighted by Crippen LogP contribution is -2.46. The second-order valence-corrected chi connectivity index (χ2v) is 13.0. The fraction of sp³-hybridized carbons (Fsp3) is 0.600. The van der Waals surface area contributed by atoms with Gasteiger partial charge in [-0.15, -0.1) is 0 Å². The Hall–Kier alpha value is -2.94. The fourth-order valence-corrected chi connectivity index (χ4v) is 5.99. The van der Waals surface area contributed by atoms with E-state index in [4.69, 9.17) is 4.74 Å². The topological polar surface area (TPSA) is 68.4 Å². The van der Waals surface area contributed by atoms with Crippen LogP contribution in [0.2, 0.25) is 0 Å². The van der Waals surface area contributed by atoms with Crippen molar-refractivity contribution in [3.63, 3.8) is 0 Å². The number of piperidine rings is 1. The van der Waals surface area contributed by atoms with E-state index < -0.39 is 5.60 Å². The number of amides is 2. The van der Waals surface area contributed by atoms with Crippen LogP contribution in [0.4, 0.5) is 4.79 Å². The van der Waals surface area contributed by atoms with E-state index in [0.717, 1.165) is 65.1 Å². The molecule has 0 aliphatic carbocycles. The van der Waals surface area contributed by atoms with Crippen molar-refractivity contribution in [2.75, 3.05) is 65.4 Å². The molecular formula is C35H53N5O3. The van der Waals surface area contributed by atoms with Crippen molar-refractivity contribution < 1.29 is 14.3 Å². The van der Waals surface area contributed by atoms with Crippen LogP contribution in [0.15, 0.2) is 60.7 Å². The van der Waals surface area contributed by atoms with Crippen molar-refractivity contribution in [2.45, 2.75) is 65.1 Å². The van der Waals surface area contributed by atoms with Crippen LogP contribution in [-0.4, -0.2) is 103 Å². The van der Waals surface area contributed by atoms with Gasteiger partial charge in [0.05, 0.1) is 0 Å². The summed E-state index contributed by atoms with van der Waals surface area (Å²) in [5.41, 5.74) is 2.26. The Kier molecular flexibility index (Phi) is 12.9. The van der Waals surface area contributed by atoms with Gasteiger partial charge in [-0.05, 0) is 70.7 Å². The zero-order chi connectivity index (χ0) is 30.5. The summed E-state index contributed by atoms with van der Waals surface area (Å²) in [4.78, 5) is 34.0. The third-order valence-corrected chi connectivity index (χ3v) is 8.33. The van der Waals surface area contributed by atoms with Crippen LogP contribution >= 0.6 is 0 Å². The van der Waals surface area contributed by atoms with Crippen LogP contribution in [-0.2, 0) is 22.6 Å². The van der Waals surface area contributed by atoms with E-state index in [0.29, 0.717) is 13.1 Å². The van der Waals surface area contributed by atoms with Gasteiger partial charge in [-0.3, -0.25) is 14.6 Å². The zero-order valence-electron chi connectivity index (χ0n) is 26.7. The minimum atomic E-state index is -0.485. The first-order valence-corrected chi connectivity index (χ1v) is 16.3. The molecule has 0 unspecified atom stereocenters. The summed E-state index contributed by atoms with van der Waals surface area (Å²) in [6, 6.07) is 21.2. The van der Waals surface area contributed by atoms with Gasteiger partial charge in [-0.1, -0.05) is 60.7 Å². The van der Waals surface area contributed by atoms with Crippen LogP contribution in [0.25, 0.3) is 0 Å². The Morgan fingerprint density at radius 2 is 1.28 bits per heavy atom. The lowest BCUT2D eigenvalue weighted by atomic mass is 9.95. The van der Waals surface area contributed by atoms with E-state index in [2.05, 4.69) is 69.7 Å². The lowest BCUT2D eigenvalue weighted by Gasteiger charge is -2.34. The van der Waals surface area contributed by atoms with E-state index in [1.165, 1.54) is 37.2 Å². The molecule has 0 atom stereocenters. The molecule has 3 aliphatic rings. The van der Waals surface area contributed by atoms with E-state index in [-0.39, 0.29) is 17.9 Å². The number of hydrogen-bond donors (Lipinski definition) is 1. The monoisotopic (exact) mass is 591 g/mol. The number of carbonyl (C=O) groups excluding carboxylic acids is 2. The Morgan fingerprint density at radius 1 is 0.698 bits per heavy atom. The van der Waals surface area contributed by atoms with E-state index in [9.17, 15) is 9.59 Å². The summed E-state index contributed by atoms with van der Waals surface area (Å²) in [5.74, 6) is 0.282. The number of carbonyl (C=O) groups is 2. The molecular weight excluding hydrogens is 538 g/mol. The van der Waals surface area contributed by atoms with Crippen LogP contribution < -0.4 is 5.32 Å². The number of likely N-dealkylation sites (tertiary alicyclic amines) is 1. The van der Waals surface area contributed by atoms with Gasteiger partial charge in [-0.2, -0.15) is 0 Å². The summed E-state index contributed by atoms with van der Waals surface area (Å²) >= 11 is 0. The molecule has 2 aromatic rings. The lowest BCUT2D eigenvalue weighted by molar-refractivity contribution is -0.137. The Balaban J connectivity index is 0.000000251. The van der Waals surface area contributed by atoms with Crippen molar-refractivity contribution in [1.29, 1.82) is 0 Å². The maximum absolute atomic E-state index is 13.0. The number of rotatable bonds is 5. The summed E-state index contributed by atoms with van der Waals surface area (Å²) < 4.78 is 5.45. The van der Waals surface area contributed by atoms with Gasteiger partial charge in [0.1, 0.15) is 5.60 Å². The van der Waals surface area contributed by atoms with Crippen molar-refractivity contribution in [1.82, 2.24) is 24.9 Å². The van der Waals surface area contributed by atoms with E-state index in [1.807, 2.05) is 31.7 Å². The number of nitrogens with one attached hydrogen (secondary N) is 1. The van der Waals surface area contributed by atoms with Crippen LogP contribution in [0.1, 0.15) is 57.6 Å². The second-order valence-electron chi connectivity index (χ2n) is 13.0. The van der Waals surface area contributed by atoms with Gasteiger partial charge in [0.2, 0.25) is 5.91 Å². The molecule has 3 aliphatic heterocycles. The standard InChI is InChI=1S/C23H35N3O3.C12H18N2/c1-23(2,3)29-22(28)26-14-10-20(11-15-26)21(27)25-13-7-12-24(16-17-25)18-19-8-5-4-6-9-19;1-2-5-12(6-3-1)11-14-9-4-7-13-8-10-14/h4-6,8-9,20H,7,10-18H2,1-3H3;1-3,5-6,13H,4,7-11H2. The van der Waals surface area contributed by atoms with E-state index >= 15 is 0 Å². The molecule has 0 spiro atoms. The van der Waals surface area contributed by atoms with Crippen molar-refractivity contribution in [2.24, 2.45) is 5.92 Å². The highest BCUT2D eigenvalue weighted by molar-refractivity contribution is 5.79. The zero-order valence-corrected chi connectivity index (χ0v) is 26.7. The van der Waals surface area contributed by atoms with Crippen LogP contribution in [0, 0.1) is 5.92 Å². The highest BCUT2D eigenvalue weighted by Crippen LogP contribution is 2.22. The molecule has 2 amide bonds. The van der Waals surface area contributed by atoms with Gasteiger partial charge >= 0.3 is 6.09 Å². The summed E-state index contributed by atoms with van der Waals surface area (Å²) in [7, 11) is 0. The molecule has 0 bridgehead atoms. The molecule has 236 valence electrons. The molecule has 3 saturated heterocycles. The first-order valence-electron chi connectivity index (χ1n) is 16.3. The predicted molar refractivity (Wildman–Crippen MR) is 173 cm³/mol. The number of benzene rings is 2. The average molecular weight is 592 g/mol. The molecule has 3 heterocycles. The number of hydrogen-bond acceptors (Lipinski definition) is 6. The highest BCUT2D eigenvalue weighted by atomic mass is 16.6. The Labute approximate surface area is 259 Å². The Morgan fingerprint density at radius 3 is 1.88 bits per heavy atom. The highest BCUT2D eigenvalue weighted by Gasteiger charge is 2.32. The maximum Gasteiger partial charge on any atom is 0.410 e. The van der Waals surface area contributed by atoms with Crippen LogP contribution in [0.5, 0.6) is 0 Å². The molecule has 5 rings (SSSR count). The molecule has 0 radical (unpaired) electrons. The molecule has 1 N–H and O–H groups in total. The first-order chi connectivity index (χ1) is 20.8. The largest absolute Gasteiger partial charge is 0.444 e. The minimum Gasteiger partial charge on any atom is -0.444 e. The third-order valence-electron chi connectivity index (χ3n) is 8.33. The molecule has 0 saturated carbocycles. The van der Waals surface area contributed by atoms with Gasteiger partial charge in [0.15, 0.2) is 0 Å². The number of nitrogens with zero attached hydrogens (tertiary/aromatic N) is 4. The smallest absolute Gasteiger partial charge is 0.410 e. The quantitative estimate of drug-likeness (QED) is 0.536. The molecule has 8 nitrogen and oxygen atoms in total. The Bertz CT molecular complexity index is 1090. The van der Waals surface area contributed by atoms with Gasteiger partial charge in [-0.25, -0.2) is 4.79 Å². The van der Waals surface area contributed by atoms with Gasteiger partial charge in [0.25, 0.3) is 0 Å². The SMILES string of the molecule is CC(C)(C)OC(=O)N1CCC(C(=O)N2CCCN(Cc3ccccc3)CC2)CC1.c1ccc(CN2CCCNCC2)cc1. The normalized spacial score (nSPS) is 19.5. The van der Waals surface area contributed by atoms with Crippen molar-refractivity contribution >= 4 is 12.0 Å². The number of ether oxygens (including phenoxy) is 1. The van der Waals surface area contributed by atoms with Crippen LogP contribution in [0.3, 0.4) is 0 Å². The predicted octanol–water partition coefficient (Wildman–Crippen LogP) is 4.85. The average Bonchev–Trinajstić information content (AvgIpc) is 3.41. The van der Waals surface area contributed by atoms with Crippen molar-refractivity contribution in [3.8, 4) is 0 Å². The molecule has 3 fully saturated rings. The molecule has 8 heteroatoms. The van der Waals surface area contributed by atoms with E-state index in [1.54, 1.807) is 4.90 Å². The summed E-state index contributed by atoms with van der Waals surface area (Å²) in [6.45, 7) is 17.1. The van der Waals surface area contributed by atoms with Crippen molar-refractivity contribution in [3.05, 3.63) is 71.8 Å². The molecule has 2 aromatic carbocycles. The maximum atomic E-state index is 13.0. The fourth-order valence-electron chi connectivity index (χ4n) is 5.99.